The van der Waals surface area contributed by atoms with Crippen LogP contribution in [0.4, 0.5) is 0 Å². The highest BCUT2D eigenvalue weighted by Crippen LogP contribution is 2.24. The second-order valence-corrected chi connectivity index (χ2v) is 5.09. The SMILES string of the molecule is CCCc1cc(-c2cncc(OCC3CCN3)c2)on1. The predicted molar refractivity (Wildman–Crippen MR) is 75.6 cm³/mol. The minimum atomic E-state index is 0.472. The fourth-order valence-corrected chi connectivity index (χ4v) is 2.14. The molecule has 0 spiro atoms. The van der Waals surface area contributed by atoms with Gasteiger partial charge in [0.05, 0.1) is 11.9 Å². The van der Waals surface area contributed by atoms with Crippen molar-refractivity contribution in [1.82, 2.24) is 15.5 Å². The molecule has 5 heteroatoms. The highest BCUT2D eigenvalue weighted by atomic mass is 16.5. The quantitative estimate of drug-likeness (QED) is 0.876. The summed E-state index contributed by atoms with van der Waals surface area (Å²) in [5.74, 6) is 1.51. The highest BCUT2D eigenvalue weighted by Gasteiger charge is 2.17. The number of nitrogens with zero attached hydrogens (tertiary/aromatic N) is 2. The van der Waals surface area contributed by atoms with E-state index in [4.69, 9.17) is 9.26 Å². The van der Waals surface area contributed by atoms with Crippen LogP contribution in [0.25, 0.3) is 11.3 Å². The van der Waals surface area contributed by atoms with Crippen molar-refractivity contribution >= 4 is 0 Å². The first kappa shape index (κ1) is 13.1. The number of rotatable bonds is 6. The molecular formula is C15H19N3O2. The number of hydrogen-bond acceptors (Lipinski definition) is 5. The monoisotopic (exact) mass is 273 g/mol. The van der Waals surface area contributed by atoms with E-state index in [1.807, 2.05) is 12.1 Å². The maximum atomic E-state index is 5.74. The molecule has 1 fully saturated rings. The molecule has 0 aliphatic carbocycles. The van der Waals surface area contributed by atoms with Crippen LogP contribution >= 0.6 is 0 Å². The summed E-state index contributed by atoms with van der Waals surface area (Å²) in [6.07, 6.45) is 6.66. The molecule has 0 amide bonds. The van der Waals surface area contributed by atoms with Crippen molar-refractivity contribution in [2.45, 2.75) is 32.2 Å². The van der Waals surface area contributed by atoms with E-state index >= 15 is 0 Å². The van der Waals surface area contributed by atoms with Crippen LogP contribution in [0.5, 0.6) is 5.75 Å². The fourth-order valence-electron chi connectivity index (χ4n) is 2.14. The van der Waals surface area contributed by atoms with Gasteiger partial charge in [0, 0.05) is 23.9 Å². The lowest BCUT2D eigenvalue weighted by molar-refractivity contribution is 0.217. The average molecular weight is 273 g/mol. The van der Waals surface area contributed by atoms with Gasteiger partial charge < -0.3 is 14.6 Å². The van der Waals surface area contributed by atoms with Gasteiger partial charge in [0.1, 0.15) is 12.4 Å². The standard InChI is InChI=1S/C15H19N3O2/c1-2-3-12-7-15(20-18-12)11-6-14(9-16-8-11)19-10-13-4-5-17-13/h6-9,13,17H,2-5,10H2,1H3. The Hall–Kier alpha value is -1.88. The lowest BCUT2D eigenvalue weighted by Gasteiger charge is -2.27. The summed E-state index contributed by atoms with van der Waals surface area (Å²) in [7, 11) is 0. The van der Waals surface area contributed by atoms with Gasteiger partial charge in [-0.05, 0) is 25.5 Å². The van der Waals surface area contributed by atoms with Crippen molar-refractivity contribution < 1.29 is 9.26 Å². The minimum absolute atomic E-state index is 0.472. The zero-order valence-corrected chi connectivity index (χ0v) is 11.6. The van der Waals surface area contributed by atoms with Crippen LogP contribution in [0.3, 0.4) is 0 Å². The van der Waals surface area contributed by atoms with E-state index in [0.29, 0.717) is 12.6 Å². The average Bonchev–Trinajstić information content (AvgIpc) is 2.86. The Bertz CT molecular complexity index is 564. The molecule has 20 heavy (non-hydrogen) atoms. The number of hydrogen-bond donors (Lipinski definition) is 1. The van der Waals surface area contributed by atoms with E-state index in [1.165, 1.54) is 6.42 Å². The molecule has 0 bridgehead atoms. The second-order valence-electron chi connectivity index (χ2n) is 5.09. The van der Waals surface area contributed by atoms with Crippen LogP contribution in [-0.2, 0) is 6.42 Å². The molecule has 1 saturated heterocycles. The van der Waals surface area contributed by atoms with E-state index in [1.54, 1.807) is 12.4 Å². The predicted octanol–water partition coefficient (Wildman–Crippen LogP) is 2.43. The molecule has 1 unspecified atom stereocenters. The number of aryl methyl sites for hydroxylation is 1. The summed E-state index contributed by atoms with van der Waals surface area (Å²) in [4.78, 5) is 4.20. The Kier molecular flexibility index (Phi) is 3.97. The zero-order chi connectivity index (χ0) is 13.8. The normalized spacial score (nSPS) is 17.8. The van der Waals surface area contributed by atoms with Gasteiger partial charge in [-0.3, -0.25) is 4.98 Å². The minimum Gasteiger partial charge on any atom is -0.490 e. The molecule has 1 aliphatic heterocycles. The summed E-state index contributed by atoms with van der Waals surface area (Å²) in [5, 5.41) is 7.36. The Morgan fingerprint density at radius 3 is 3.05 bits per heavy atom. The van der Waals surface area contributed by atoms with Crippen LogP contribution in [-0.4, -0.2) is 29.3 Å². The summed E-state index contributed by atoms with van der Waals surface area (Å²) < 4.78 is 11.1. The molecular weight excluding hydrogens is 254 g/mol. The van der Waals surface area contributed by atoms with Gasteiger partial charge >= 0.3 is 0 Å². The summed E-state index contributed by atoms with van der Waals surface area (Å²) in [6, 6.07) is 4.39. The van der Waals surface area contributed by atoms with Crippen molar-refractivity contribution in [1.29, 1.82) is 0 Å². The van der Waals surface area contributed by atoms with Gasteiger partial charge in [0.15, 0.2) is 5.76 Å². The number of nitrogens with one attached hydrogen (secondary N) is 1. The van der Waals surface area contributed by atoms with Crippen LogP contribution in [0.1, 0.15) is 25.5 Å². The Morgan fingerprint density at radius 2 is 2.30 bits per heavy atom. The molecule has 5 nitrogen and oxygen atoms in total. The molecule has 0 aromatic carbocycles. The van der Waals surface area contributed by atoms with Gasteiger partial charge in [0.2, 0.25) is 0 Å². The number of aromatic nitrogens is 2. The van der Waals surface area contributed by atoms with Gasteiger partial charge in [-0.2, -0.15) is 0 Å². The van der Waals surface area contributed by atoms with E-state index in [0.717, 1.165) is 42.2 Å². The molecule has 1 N–H and O–H groups in total. The van der Waals surface area contributed by atoms with Crippen LogP contribution in [0, 0.1) is 0 Å². The van der Waals surface area contributed by atoms with E-state index in [9.17, 15) is 0 Å². The molecule has 3 rings (SSSR count). The Labute approximate surface area is 118 Å². The van der Waals surface area contributed by atoms with E-state index in [2.05, 4.69) is 22.4 Å². The smallest absolute Gasteiger partial charge is 0.168 e. The van der Waals surface area contributed by atoms with Crippen molar-refractivity contribution in [3.63, 3.8) is 0 Å². The first-order valence-corrected chi connectivity index (χ1v) is 7.12. The molecule has 3 heterocycles. The summed E-state index contributed by atoms with van der Waals surface area (Å²) in [5.41, 5.74) is 1.88. The molecule has 106 valence electrons. The van der Waals surface area contributed by atoms with Crippen LogP contribution in [0.2, 0.25) is 0 Å². The molecule has 2 aromatic heterocycles. The van der Waals surface area contributed by atoms with Crippen LogP contribution < -0.4 is 10.1 Å². The maximum Gasteiger partial charge on any atom is 0.168 e. The third-order valence-corrected chi connectivity index (χ3v) is 3.44. The molecule has 1 aliphatic rings. The Morgan fingerprint density at radius 1 is 1.40 bits per heavy atom. The lowest BCUT2D eigenvalue weighted by atomic mass is 10.1. The molecule has 1 atom stereocenters. The first-order chi connectivity index (χ1) is 9.85. The third kappa shape index (κ3) is 2.99. The maximum absolute atomic E-state index is 5.74. The molecule has 2 aromatic rings. The largest absolute Gasteiger partial charge is 0.490 e. The Balaban J connectivity index is 1.68. The van der Waals surface area contributed by atoms with Gasteiger partial charge in [-0.25, -0.2) is 0 Å². The number of pyridine rings is 1. The van der Waals surface area contributed by atoms with Crippen molar-refractivity contribution in [3.05, 3.63) is 30.2 Å². The lowest BCUT2D eigenvalue weighted by Crippen LogP contribution is -2.46. The van der Waals surface area contributed by atoms with Gasteiger partial charge in [-0.1, -0.05) is 18.5 Å². The summed E-state index contributed by atoms with van der Waals surface area (Å²) in [6.45, 7) is 3.89. The van der Waals surface area contributed by atoms with E-state index in [-0.39, 0.29) is 0 Å². The highest BCUT2D eigenvalue weighted by molar-refractivity contribution is 5.57. The van der Waals surface area contributed by atoms with Crippen molar-refractivity contribution in [3.8, 4) is 17.1 Å². The molecule has 0 saturated carbocycles. The van der Waals surface area contributed by atoms with Crippen molar-refractivity contribution in [2.75, 3.05) is 13.2 Å². The fraction of sp³-hybridized carbons (Fsp3) is 0.467. The van der Waals surface area contributed by atoms with E-state index < -0.39 is 0 Å². The van der Waals surface area contributed by atoms with Crippen molar-refractivity contribution in [2.24, 2.45) is 0 Å². The topological polar surface area (TPSA) is 60.2 Å². The van der Waals surface area contributed by atoms with Crippen LogP contribution in [0.15, 0.2) is 29.0 Å². The zero-order valence-electron chi connectivity index (χ0n) is 11.6. The third-order valence-electron chi connectivity index (χ3n) is 3.44. The summed E-state index contributed by atoms with van der Waals surface area (Å²) >= 11 is 0. The first-order valence-electron chi connectivity index (χ1n) is 7.12. The van der Waals surface area contributed by atoms with Gasteiger partial charge in [-0.15, -0.1) is 0 Å². The number of ether oxygens (including phenoxy) is 1. The molecule has 0 radical (unpaired) electrons. The van der Waals surface area contributed by atoms with Gasteiger partial charge in [0.25, 0.3) is 0 Å². The second kappa shape index (κ2) is 6.05.